The predicted octanol–water partition coefficient (Wildman–Crippen LogP) is 4.74. The number of nitrogens with zero attached hydrogens (tertiary/aromatic N) is 2. The van der Waals surface area contributed by atoms with Gasteiger partial charge in [0.15, 0.2) is 11.5 Å². The Morgan fingerprint density at radius 2 is 1.72 bits per heavy atom. The summed E-state index contributed by atoms with van der Waals surface area (Å²) in [5.41, 5.74) is 10.5. The van der Waals surface area contributed by atoms with Crippen molar-refractivity contribution in [2.45, 2.75) is 36.8 Å². The molecule has 0 radical (unpaired) electrons. The number of hydrogen-bond donors (Lipinski definition) is 1. The van der Waals surface area contributed by atoms with Crippen LogP contribution in [0.4, 0.5) is 0 Å². The second-order valence-corrected chi connectivity index (χ2v) is 9.03. The fourth-order valence-corrected chi connectivity index (χ4v) is 4.96. The largest absolute Gasteiger partial charge is 0.485 e. The van der Waals surface area contributed by atoms with Gasteiger partial charge in [-0.25, -0.2) is 4.99 Å². The van der Waals surface area contributed by atoms with E-state index in [1.807, 2.05) is 36.4 Å². The minimum absolute atomic E-state index is 0.107. The Bertz CT molecular complexity index is 1250. The zero-order chi connectivity index (χ0) is 21.9. The number of benzene rings is 3. The second-order valence-electron chi connectivity index (χ2n) is 9.03. The molecule has 2 atom stereocenters. The molecule has 0 bridgehead atoms. The maximum atomic E-state index is 13.5. The highest BCUT2D eigenvalue weighted by Crippen LogP contribution is 2.50. The first-order chi connectivity index (χ1) is 15.5. The number of carbonyl (C=O) groups excluding carboxylic acids is 1. The standard InChI is InChI=1S/C27H25N3O2/c1-30-25(31)27(29-26(30)28)16-24(18-6-3-2-4-7-18)32-23-13-12-21(15-22(23)27)20-9-5-8-19(14-20)17-10-11-17/h2-9,12-15,17,24H,10-11,16H2,1H3,(H2,28,29). The maximum absolute atomic E-state index is 13.5. The summed E-state index contributed by atoms with van der Waals surface area (Å²) in [6.07, 6.45) is 2.67. The minimum Gasteiger partial charge on any atom is -0.485 e. The van der Waals surface area contributed by atoms with Crippen LogP contribution in [0.1, 0.15) is 48.0 Å². The van der Waals surface area contributed by atoms with Crippen LogP contribution in [0.5, 0.6) is 5.75 Å². The van der Waals surface area contributed by atoms with E-state index in [0.717, 1.165) is 22.3 Å². The van der Waals surface area contributed by atoms with Crippen molar-refractivity contribution in [1.29, 1.82) is 0 Å². The third-order valence-electron chi connectivity index (χ3n) is 6.92. The number of rotatable bonds is 3. The van der Waals surface area contributed by atoms with Crippen molar-refractivity contribution in [1.82, 2.24) is 4.90 Å². The van der Waals surface area contributed by atoms with E-state index in [1.165, 1.54) is 23.3 Å². The summed E-state index contributed by atoms with van der Waals surface area (Å²) in [6, 6.07) is 24.8. The molecule has 1 fully saturated rings. The van der Waals surface area contributed by atoms with Crippen LogP contribution in [-0.2, 0) is 10.3 Å². The fraction of sp³-hybridized carbons (Fsp3) is 0.259. The molecule has 3 aromatic carbocycles. The molecule has 5 heteroatoms. The number of likely N-dealkylation sites (N-methyl/N-ethyl adjacent to an activating group) is 1. The van der Waals surface area contributed by atoms with Gasteiger partial charge in [-0.15, -0.1) is 0 Å². The number of carbonyl (C=O) groups is 1. The third-order valence-corrected chi connectivity index (χ3v) is 6.92. The number of nitrogens with two attached hydrogens (primary N) is 1. The van der Waals surface area contributed by atoms with Gasteiger partial charge in [-0.2, -0.15) is 0 Å². The molecule has 6 rings (SSSR count). The van der Waals surface area contributed by atoms with Crippen LogP contribution in [0.25, 0.3) is 11.1 Å². The van der Waals surface area contributed by atoms with E-state index in [-0.39, 0.29) is 18.0 Å². The molecule has 1 aliphatic carbocycles. The molecular formula is C27H25N3O2. The first-order valence-electron chi connectivity index (χ1n) is 11.1. The number of fused-ring (bicyclic) bond motifs is 2. The van der Waals surface area contributed by atoms with Crippen molar-refractivity contribution in [3.63, 3.8) is 0 Å². The van der Waals surface area contributed by atoms with E-state index < -0.39 is 5.54 Å². The van der Waals surface area contributed by atoms with E-state index in [4.69, 9.17) is 15.5 Å². The Hall–Kier alpha value is -3.60. The van der Waals surface area contributed by atoms with Crippen LogP contribution in [0, 0.1) is 0 Å². The second kappa shape index (κ2) is 6.95. The molecule has 160 valence electrons. The highest BCUT2D eigenvalue weighted by Gasteiger charge is 2.53. The zero-order valence-corrected chi connectivity index (χ0v) is 18.0. The first-order valence-corrected chi connectivity index (χ1v) is 11.1. The third kappa shape index (κ3) is 2.92. The zero-order valence-electron chi connectivity index (χ0n) is 18.0. The van der Waals surface area contributed by atoms with Crippen LogP contribution >= 0.6 is 0 Å². The van der Waals surface area contributed by atoms with E-state index in [2.05, 4.69) is 36.4 Å². The Kier molecular flexibility index (Phi) is 4.15. The molecule has 0 saturated heterocycles. The average molecular weight is 424 g/mol. The Morgan fingerprint density at radius 3 is 2.44 bits per heavy atom. The van der Waals surface area contributed by atoms with Gasteiger partial charge in [0.05, 0.1) is 0 Å². The Balaban J connectivity index is 1.48. The quantitative estimate of drug-likeness (QED) is 0.662. The monoisotopic (exact) mass is 423 g/mol. The van der Waals surface area contributed by atoms with E-state index in [0.29, 0.717) is 18.1 Å². The molecule has 1 spiro atoms. The smallest absolute Gasteiger partial charge is 0.261 e. The molecule has 5 nitrogen and oxygen atoms in total. The van der Waals surface area contributed by atoms with Gasteiger partial charge < -0.3 is 10.5 Å². The van der Waals surface area contributed by atoms with Crippen molar-refractivity contribution in [2.75, 3.05) is 7.05 Å². The van der Waals surface area contributed by atoms with Crippen LogP contribution in [0.15, 0.2) is 77.8 Å². The van der Waals surface area contributed by atoms with Gasteiger partial charge in [-0.1, -0.05) is 60.7 Å². The lowest BCUT2D eigenvalue weighted by Crippen LogP contribution is -2.43. The highest BCUT2D eigenvalue weighted by molar-refractivity contribution is 6.07. The van der Waals surface area contributed by atoms with Crippen LogP contribution in [0.3, 0.4) is 0 Å². The molecule has 2 aliphatic heterocycles. The lowest BCUT2D eigenvalue weighted by Gasteiger charge is -2.37. The molecule has 1 saturated carbocycles. The fourth-order valence-electron chi connectivity index (χ4n) is 4.96. The maximum Gasteiger partial charge on any atom is 0.261 e. The van der Waals surface area contributed by atoms with Crippen LogP contribution < -0.4 is 10.5 Å². The van der Waals surface area contributed by atoms with Gasteiger partial charge >= 0.3 is 0 Å². The van der Waals surface area contributed by atoms with Crippen molar-refractivity contribution < 1.29 is 9.53 Å². The van der Waals surface area contributed by atoms with Gasteiger partial charge in [0.1, 0.15) is 11.9 Å². The number of ether oxygens (including phenoxy) is 1. The molecule has 0 aromatic heterocycles. The van der Waals surface area contributed by atoms with E-state index in [1.54, 1.807) is 7.05 Å². The van der Waals surface area contributed by atoms with Gasteiger partial charge in [-0.3, -0.25) is 9.69 Å². The molecule has 3 aromatic rings. The van der Waals surface area contributed by atoms with Crippen molar-refractivity contribution in [3.8, 4) is 16.9 Å². The number of hydrogen-bond acceptors (Lipinski definition) is 4. The summed E-state index contributed by atoms with van der Waals surface area (Å²) in [5.74, 6) is 1.51. The SMILES string of the molecule is CN1C(=O)C2(CC(c3ccccc3)Oc3ccc(-c4cccc(C5CC5)c4)cc32)N=C1N. The number of aliphatic imine (C=N–C) groups is 1. The highest BCUT2D eigenvalue weighted by atomic mass is 16.5. The minimum atomic E-state index is -1.07. The predicted molar refractivity (Wildman–Crippen MR) is 124 cm³/mol. The molecule has 1 amide bonds. The van der Waals surface area contributed by atoms with Gasteiger partial charge in [0.25, 0.3) is 5.91 Å². The molecule has 3 aliphatic rings. The van der Waals surface area contributed by atoms with Gasteiger partial charge in [-0.05, 0) is 53.1 Å². The van der Waals surface area contributed by atoms with Crippen molar-refractivity contribution in [2.24, 2.45) is 10.7 Å². The molecule has 32 heavy (non-hydrogen) atoms. The van der Waals surface area contributed by atoms with Gasteiger partial charge in [0.2, 0.25) is 0 Å². The lowest BCUT2D eigenvalue weighted by atomic mass is 9.79. The van der Waals surface area contributed by atoms with E-state index >= 15 is 0 Å². The normalized spacial score (nSPS) is 24.3. The van der Waals surface area contributed by atoms with Crippen LogP contribution in [-0.4, -0.2) is 23.8 Å². The summed E-state index contributed by atoms with van der Waals surface area (Å²) in [5, 5.41) is 0. The Labute approximate surface area is 187 Å². The molecule has 2 unspecified atom stereocenters. The molecule has 2 heterocycles. The molecule has 2 N–H and O–H groups in total. The van der Waals surface area contributed by atoms with Crippen LogP contribution in [0.2, 0.25) is 0 Å². The topological polar surface area (TPSA) is 67.9 Å². The van der Waals surface area contributed by atoms with Crippen molar-refractivity contribution >= 4 is 11.9 Å². The summed E-state index contributed by atoms with van der Waals surface area (Å²) >= 11 is 0. The number of guanidine groups is 1. The summed E-state index contributed by atoms with van der Waals surface area (Å²) in [6.45, 7) is 0. The van der Waals surface area contributed by atoms with E-state index in [9.17, 15) is 4.79 Å². The first kappa shape index (κ1) is 19.1. The molecular weight excluding hydrogens is 398 g/mol. The average Bonchev–Trinajstić information content (AvgIpc) is 3.66. The van der Waals surface area contributed by atoms with Crippen molar-refractivity contribution in [3.05, 3.63) is 89.5 Å². The summed E-state index contributed by atoms with van der Waals surface area (Å²) < 4.78 is 6.41. The summed E-state index contributed by atoms with van der Waals surface area (Å²) in [4.78, 5) is 19.7. The lowest BCUT2D eigenvalue weighted by molar-refractivity contribution is -0.132. The van der Waals surface area contributed by atoms with Gasteiger partial charge in [0, 0.05) is 19.0 Å². The Morgan fingerprint density at radius 1 is 0.969 bits per heavy atom. The summed E-state index contributed by atoms with van der Waals surface area (Å²) in [7, 11) is 1.69. The number of amides is 1.